The number of anilines is 1. The number of hydrogen-bond acceptors (Lipinski definition) is 7. The van der Waals surface area contributed by atoms with Gasteiger partial charge in [-0.1, -0.05) is 6.07 Å². The first-order valence-corrected chi connectivity index (χ1v) is 12.3. The molecule has 0 saturated heterocycles. The van der Waals surface area contributed by atoms with Gasteiger partial charge in [-0.15, -0.1) is 13.2 Å². The van der Waals surface area contributed by atoms with Gasteiger partial charge in [-0.25, -0.2) is 28.7 Å². The highest BCUT2D eigenvalue weighted by Gasteiger charge is 2.44. The summed E-state index contributed by atoms with van der Waals surface area (Å²) in [5.74, 6) is -2.46. The zero-order valence-electron chi connectivity index (χ0n) is 22.2. The van der Waals surface area contributed by atoms with Crippen LogP contribution in [0.1, 0.15) is 33.3 Å². The second-order valence-corrected chi connectivity index (χ2v) is 10.2. The normalized spacial score (nSPS) is 14.0. The second kappa shape index (κ2) is 12.2. The molecule has 1 amide bonds. The minimum Gasteiger partial charge on any atom is -0.443 e. The van der Waals surface area contributed by atoms with Crippen molar-refractivity contribution in [2.75, 3.05) is 5.32 Å². The molecule has 0 spiro atoms. The van der Waals surface area contributed by atoms with Crippen molar-refractivity contribution in [1.82, 2.24) is 25.2 Å². The molecule has 0 aliphatic heterocycles. The first-order chi connectivity index (χ1) is 19.0. The molecular formula is C25H27F5N6O4S. The third kappa shape index (κ3) is 8.72. The molecule has 3 aromatic rings. The molecule has 0 aliphatic rings. The van der Waals surface area contributed by atoms with Gasteiger partial charge < -0.3 is 19.9 Å². The zero-order valence-corrected chi connectivity index (χ0v) is 23.1. The lowest BCUT2D eigenvalue weighted by molar-refractivity contribution is -0.274. The first kappa shape index (κ1) is 31.5. The summed E-state index contributed by atoms with van der Waals surface area (Å²) in [6, 6.07) is 5.78. The lowest BCUT2D eigenvalue weighted by atomic mass is 9.86. The quantitative estimate of drug-likeness (QED) is 0.198. The van der Waals surface area contributed by atoms with E-state index in [4.69, 9.17) is 17.0 Å². The maximum Gasteiger partial charge on any atom is 0.573 e. The van der Waals surface area contributed by atoms with E-state index in [1.54, 1.807) is 20.8 Å². The minimum absolute atomic E-state index is 0.181. The summed E-state index contributed by atoms with van der Waals surface area (Å²) in [4.78, 5) is 16.6. The highest BCUT2D eigenvalue weighted by molar-refractivity contribution is 7.80. The molecule has 10 nitrogen and oxygen atoms in total. The Labute approximate surface area is 237 Å². The van der Waals surface area contributed by atoms with Crippen LogP contribution < -0.4 is 15.5 Å². The topological polar surface area (TPSA) is 114 Å². The van der Waals surface area contributed by atoms with E-state index in [1.165, 1.54) is 36.4 Å². The van der Waals surface area contributed by atoms with Crippen LogP contribution in [-0.2, 0) is 16.9 Å². The number of hydrazine groups is 1. The SMILES string of the molecule is C[C@@H](N(NC(=O)OC(C)(C)C)C(=S)Nc1ccc(OC(F)(F)F)cc1)[C@](O)(Cn1cncn1)c1ccc(F)cc1F. The Hall–Kier alpha value is -4.05. The molecular weight excluding hydrogens is 575 g/mol. The van der Waals surface area contributed by atoms with E-state index in [1.807, 2.05) is 0 Å². The second-order valence-electron chi connectivity index (χ2n) is 9.80. The highest BCUT2D eigenvalue weighted by Crippen LogP contribution is 2.33. The summed E-state index contributed by atoms with van der Waals surface area (Å²) < 4.78 is 76.8. The highest BCUT2D eigenvalue weighted by atomic mass is 32.1. The van der Waals surface area contributed by atoms with E-state index in [0.29, 0.717) is 6.07 Å². The predicted molar refractivity (Wildman–Crippen MR) is 140 cm³/mol. The van der Waals surface area contributed by atoms with Gasteiger partial charge in [0.1, 0.15) is 41.2 Å². The summed E-state index contributed by atoms with van der Waals surface area (Å²) in [6.07, 6.45) is -3.45. The molecule has 2 atom stereocenters. The van der Waals surface area contributed by atoms with Crippen LogP contribution in [0.5, 0.6) is 5.75 Å². The van der Waals surface area contributed by atoms with Crippen molar-refractivity contribution in [2.24, 2.45) is 0 Å². The van der Waals surface area contributed by atoms with Crippen LogP contribution in [0.4, 0.5) is 32.4 Å². The number of hydrogen-bond donors (Lipinski definition) is 3. The third-order valence-electron chi connectivity index (χ3n) is 5.51. The van der Waals surface area contributed by atoms with E-state index in [0.717, 1.165) is 29.3 Å². The summed E-state index contributed by atoms with van der Waals surface area (Å²) in [5.41, 5.74) is -0.938. The van der Waals surface area contributed by atoms with Gasteiger partial charge in [0.05, 0.1) is 12.6 Å². The van der Waals surface area contributed by atoms with Crippen LogP contribution in [0.3, 0.4) is 0 Å². The summed E-state index contributed by atoms with van der Waals surface area (Å²) in [7, 11) is 0. The van der Waals surface area contributed by atoms with E-state index >= 15 is 4.39 Å². The Balaban J connectivity index is 2.00. The smallest absolute Gasteiger partial charge is 0.443 e. The van der Waals surface area contributed by atoms with Crippen LogP contribution in [0.25, 0.3) is 0 Å². The molecule has 0 aliphatic carbocycles. The van der Waals surface area contributed by atoms with E-state index in [-0.39, 0.29) is 16.4 Å². The van der Waals surface area contributed by atoms with Gasteiger partial charge in [-0.3, -0.25) is 5.01 Å². The van der Waals surface area contributed by atoms with E-state index in [9.17, 15) is 27.5 Å². The average Bonchev–Trinajstić information content (AvgIpc) is 3.34. The number of alkyl halides is 3. The Morgan fingerprint density at radius 2 is 1.80 bits per heavy atom. The number of aliphatic hydroxyl groups is 1. The standard InChI is InChI=1S/C25H27F5N6O4S/c1-15(24(38,12-35-14-31-13-32-35)19-10-5-16(26)11-20(19)27)36(34-22(37)40-23(2,3)4)21(41)33-17-6-8-18(9-7-17)39-25(28,29)30/h5-11,13-15,38H,12H2,1-4H3,(H,33,41)(H,34,37)/t15-,24-/m1/s1. The molecule has 16 heteroatoms. The molecule has 0 radical (unpaired) electrons. The molecule has 3 N–H and O–H groups in total. The Morgan fingerprint density at radius 1 is 1.15 bits per heavy atom. The predicted octanol–water partition coefficient (Wildman–Crippen LogP) is 4.87. The number of carbonyl (C=O) groups is 1. The van der Waals surface area contributed by atoms with Crippen molar-refractivity contribution in [3.63, 3.8) is 0 Å². The van der Waals surface area contributed by atoms with Crippen LogP contribution in [0.2, 0.25) is 0 Å². The number of amides is 1. The largest absolute Gasteiger partial charge is 0.573 e. The molecule has 1 heterocycles. The lowest BCUT2D eigenvalue weighted by Crippen LogP contribution is -2.61. The third-order valence-corrected chi connectivity index (χ3v) is 5.81. The maximum atomic E-state index is 15.1. The van der Waals surface area contributed by atoms with Crippen LogP contribution in [0.15, 0.2) is 55.1 Å². The number of benzene rings is 2. The molecule has 2 aromatic carbocycles. The van der Waals surface area contributed by atoms with Crippen molar-refractivity contribution < 1.29 is 41.3 Å². The van der Waals surface area contributed by atoms with Gasteiger partial charge in [0.15, 0.2) is 5.11 Å². The molecule has 222 valence electrons. The maximum absolute atomic E-state index is 15.1. The molecule has 0 unspecified atom stereocenters. The summed E-state index contributed by atoms with van der Waals surface area (Å²) in [6.45, 7) is 5.80. The average molecular weight is 603 g/mol. The van der Waals surface area contributed by atoms with Crippen molar-refractivity contribution in [1.29, 1.82) is 0 Å². The number of aromatic nitrogens is 3. The number of thiocarbonyl (C=S) groups is 1. The Kier molecular flexibility index (Phi) is 9.38. The van der Waals surface area contributed by atoms with Crippen molar-refractivity contribution in [2.45, 2.75) is 57.8 Å². The van der Waals surface area contributed by atoms with Gasteiger partial charge in [0.2, 0.25) is 0 Å². The molecule has 0 bridgehead atoms. The number of ether oxygens (including phenoxy) is 2. The number of carbonyl (C=O) groups excluding carboxylic acids is 1. The van der Waals surface area contributed by atoms with Crippen LogP contribution in [0, 0.1) is 11.6 Å². The number of nitrogens with zero attached hydrogens (tertiary/aromatic N) is 4. The number of halogens is 5. The summed E-state index contributed by atoms with van der Waals surface area (Å²) in [5, 5.41) is 19.4. The van der Waals surface area contributed by atoms with E-state index in [2.05, 4.69) is 25.6 Å². The fraction of sp³-hybridized carbons (Fsp3) is 0.360. The van der Waals surface area contributed by atoms with Gasteiger partial charge >= 0.3 is 12.5 Å². The van der Waals surface area contributed by atoms with E-state index < -0.39 is 53.6 Å². The van der Waals surface area contributed by atoms with Crippen LogP contribution in [-0.4, -0.2) is 54.1 Å². The van der Waals surface area contributed by atoms with Gasteiger partial charge in [-0.05, 0) is 70.2 Å². The molecule has 0 fully saturated rings. The number of nitrogens with one attached hydrogen (secondary N) is 2. The fourth-order valence-electron chi connectivity index (χ4n) is 3.70. The van der Waals surface area contributed by atoms with Crippen LogP contribution >= 0.6 is 12.2 Å². The lowest BCUT2D eigenvalue weighted by Gasteiger charge is -2.42. The van der Waals surface area contributed by atoms with Crippen molar-refractivity contribution >= 4 is 29.1 Å². The first-order valence-electron chi connectivity index (χ1n) is 11.9. The van der Waals surface area contributed by atoms with Crippen molar-refractivity contribution in [3.8, 4) is 5.75 Å². The summed E-state index contributed by atoms with van der Waals surface area (Å²) >= 11 is 5.47. The molecule has 1 aromatic heterocycles. The van der Waals surface area contributed by atoms with Crippen molar-refractivity contribution in [3.05, 3.63) is 72.3 Å². The monoisotopic (exact) mass is 602 g/mol. The van der Waals surface area contributed by atoms with Gasteiger partial charge in [-0.2, -0.15) is 5.10 Å². The van der Waals surface area contributed by atoms with Gasteiger partial charge in [0, 0.05) is 17.3 Å². The Morgan fingerprint density at radius 3 is 2.34 bits per heavy atom. The fourth-order valence-corrected chi connectivity index (χ4v) is 4.03. The minimum atomic E-state index is -4.89. The zero-order chi connectivity index (χ0) is 30.6. The Bertz CT molecular complexity index is 1350. The molecule has 3 rings (SSSR count). The molecule has 41 heavy (non-hydrogen) atoms. The number of rotatable bonds is 7. The van der Waals surface area contributed by atoms with Gasteiger partial charge in [0.25, 0.3) is 0 Å². The molecule has 0 saturated carbocycles.